The molecule has 0 radical (unpaired) electrons. The zero-order chi connectivity index (χ0) is 16.6. The molecule has 2 N–H and O–H groups in total. The summed E-state index contributed by atoms with van der Waals surface area (Å²) in [6.45, 7) is 0.402. The molecular weight excluding hydrogens is 302 g/mol. The van der Waals surface area contributed by atoms with E-state index >= 15 is 0 Å². The summed E-state index contributed by atoms with van der Waals surface area (Å²) in [7, 11) is 0. The maximum atomic E-state index is 11.6. The Balaban J connectivity index is 1.93. The Hall–Kier alpha value is -3.05. The van der Waals surface area contributed by atoms with Crippen molar-refractivity contribution in [3.8, 4) is 0 Å². The number of carbonyl (C=O) groups is 1. The first kappa shape index (κ1) is 14.5. The SMILES string of the molecule is NC(=O)N1C=CN2COC(c3ccccc3)(c3ccccc3)C2=C1. The summed E-state index contributed by atoms with van der Waals surface area (Å²) in [6.07, 6.45) is 5.20. The van der Waals surface area contributed by atoms with E-state index in [2.05, 4.69) is 0 Å². The molecule has 0 unspecified atom stereocenters. The molecule has 120 valence electrons. The Kier molecular flexibility index (Phi) is 3.36. The fourth-order valence-electron chi connectivity index (χ4n) is 3.24. The number of amides is 2. The number of hydrogen-bond acceptors (Lipinski definition) is 3. The average Bonchev–Trinajstić information content (AvgIpc) is 3.03. The molecule has 0 aromatic heterocycles. The smallest absolute Gasteiger partial charge is 0.323 e. The second-order valence-electron chi connectivity index (χ2n) is 5.71. The number of primary amides is 1. The molecule has 4 rings (SSSR count). The van der Waals surface area contributed by atoms with E-state index in [1.807, 2.05) is 71.8 Å². The molecule has 2 aromatic rings. The number of carbonyl (C=O) groups excluding carboxylic acids is 1. The van der Waals surface area contributed by atoms with Crippen LogP contribution < -0.4 is 5.73 Å². The predicted molar refractivity (Wildman–Crippen MR) is 90.1 cm³/mol. The molecule has 0 bridgehead atoms. The van der Waals surface area contributed by atoms with E-state index in [-0.39, 0.29) is 0 Å². The second-order valence-corrected chi connectivity index (χ2v) is 5.71. The molecule has 2 amide bonds. The lowest BCUT2D eigenvalue weighted by Gasteiger charge is -2.33. The third-order valence-electron chi connectivity index (χ3n) is 4.37. The summed E-state index contributed by atoms with van der Waals surface area (Å²) in [5.74, 6) is 0. The maximum absolute atomic E-state index is 11.6. The van der Waals surface area contributed by atoms with Crippen LogP contribution in [0.1, 0.15) is 11.1 Å². The van der Waals surface area contributed by atoms with Crippen LogP contribution in [0.3, 0.4) is 0 Å². The molecule has 0 aliphatic carbocycles. The van der Waals surface area contributed by atoms with Crippen molar-refractivity contribution in [1.82, 2.24) is 9.80 Å². The Labute approximate surface area is 140 Å². The molecule has 0 saturated carbocycles. The largest absolute Gasteiger partial charge is 0.351 e. The van der Waals surface area contributed by atoms with E-state index in [0.29, 0.717) is 6.73 Å². The molecule has 2 aromatic carbocycles. The van der Waals surface area contributed by atoms with Gasteiger partial charge in [-0.3, -0.25) is 4.90 Å². The Morgan fingerprint density at radius 2 is 1.54 bits per heavy atom. The van der Waals surface area contributed by atoms with Crippen LogP contribution in [0, 0.1) is 0 Å². The minimum Gasteiger partial charge on any atom is -0.351 e. The van der Waals surface area contributed by atoms with Gasteiger partial charge in [0.2, 0.25) is 0 Å². The molecule has 0 atom stereocenters. The molecular formula is C19H17N3O2. The number of ether oxygens (including phenoxy) is 1. The summed E-state index contributed by atoms with van der Waals surface area (Å²) < 4.78 is 6.32. The highest BCUT2D eigenvalue weighted by atomic mass is 16.5. The fraction of sp³-hybridized carbons (Fsp3) is 0.105. The van der Waals surface area contributed by atoms with Gasteiger partial charge in [-0.05, 0) is 11.1 Å². The molecule has 2 aliphatic rings. The summed E-state index contributed by atoms with van der Waals surface area (Å²) in [5.41, 5.74) is 7.54. The van der Waals surface area contributed by atoms with Gasteiger partial charge < -0.3 is 15.4 Å². The highest BCUT2D eigenvalue weighted by Crippen LogP contribution is 2.47. The summed E-state index contributed by atoms with van der Waals surface area (Å²) in [4.78, 5) is 15.0. The van der Waals surface area contributed by atoms with Crippen molar-refractivity contribution in [3.05, 3.63) is 96.1 Å². The van der Waals surface area contributed by atoms with Crippen molar-refractivity contribution in [2.24, 2.45) is 5.73 Å². The molecule has 1 fully saturated rings. The lowest BCUT2D eigenvalue weighted by atomic mass is 9.83. The van der Waals surface area contributed by atoms with Crippen LogP contribution in [0.4, 0.5) is 4.79 Å². The van der Waals surface area contributed by atoms with Crippen molar-refractivity contribution in [2.45, 2.75) is 5.60 Å². The number of nitrogens with zero attached hydrogens (tertiary/aromatic N) is 2. The topological polar surface area (TPSA) is 58.8 Å². The van der Waals surface area contributed by atoms with E-state index in [9.17, 15) is 4.79 Å². The molecule has 0 spiro atoms. The number of fused-ring (bicyclic) bond motifs is 1. The van der Waals surface area contributed by atoms with E-state index in [4.69, 9.17) is 10.5 Å². The van der Waals surface area contributed by atoms with Crippen molar-refractivity contribution in [2.75, 3.05) is 6.73 Å². The molecule has 2 heterocycles. The zero-order valence-electron chi connectivity index (χ0n) is 13.0. The molecule has 5 nitrogen and oxygen atoms in total. The fourth-order valence-corrected chi connectivity index (χ4v) is 3.24. The van der Waals surface area contributed by atoms with Crippen molar-refractivity contribution in [3.63, 3.8) is 0 Å². The standard InChI is InChI=1S/C19H17N3O2/c20-18(23)21-11-12-22-14-24-19(17(22)13-21,15-7-3-1-4-8-15)16-9-5-2-6-10-16/h1-13H,14H2,(H2,20,23). The normalized spacial score (nSPS) is 18.2. The Morgan fingerprint density at radius 3 is 2.08 bits per heavy atom. The first-order valence-electron chi connectivity index (χ1n) is 7.72. The van der Waals surface area contributed by atoms with Gasteiger partial charge in [0, 0.05) is 18.6 Å². The van der Waals surface area contributed by atoms with Gasteiger partial charge in [0.1, 0.15) is 6.73 Å². The zero-order valence-corrected chi connectivity index (χ0v) is 13.0. The lowest BCUT2D eigenvalue weighted by Crippen LogP contribution is -2.36. The van der Waals surface area contributed by atoms with Gasteiger partial charge in [-0.2, -0.15) is 0 Å². The van der Waals surface area contributed by atoms with Crippen LogP contribution in [-0.2, 0) is 10.3 Å². The monoisotopic (exact) mass is 319 g/mol. The summed E-state index contributed by atoms with van der Waals surface area (Å²) >= 11 is 0. The molecule has 2 aliphatic heterocycles. The van der Waals surface area contributed by atoms with Crippen molar-refractivity contribution >= 4 is 6.03 Å². The quantitative estimate of drug-likeness (QED) is 0.926. The van der Waals surface area contributed by atoms with Gasteiger partial charge in [-0.15, -0.1) is 0 Å². The second kappa shape index (κ2) is 5.54. The van der Waals surface area contributed by atoms with Gasteiger partial charge in [0.05, 0.1) is 5.70 Å². The van der Waals surface area contributed by atoms with Gasteiger partial charge in [-0.1, -0.05) is 60.7 Å². The van der Waals surface area contributed by atoms with Gasteiger partial charge in [0.25, 0.3) is 0 Å². The number of urea groups is 1. The summed E-state index contributed by atoms with van der Waals surface area (Å²) in [6, 6.07) is 19.5. The Bertz CT molecular complexity index is 776. The minimum atomic E-state index is -0.777. The average molecular weight is 319 g/mol. The first-order valence-corrected chi connectivity index (χ1v) is 7.72. The van der Waals surface area contributed by atoms with Crippen LogP contribution in [-0.4, -0.2) is 22.6 Å². The van der Waals surface area contributed by atoms with E-state index in [1.165, 1.54) is 4.90 Å². The number of benzene rings is 2. The van der Waals surface area contributed by atoms with Crippen LogP contribution >= 0.6 is 0 Å². The maximum Gasteiger partial charge on any atom is 0.323 e. The Morgan fingerprint density at radius 1 is 0.958 bits per heavy atom. The number of nitrogens with two attached hydrogens (primary N) is 1. The molecule has 1 saturated heterocycles. The number of hydrogen-bond donors (Lipinski definition) is 1. The first-order chi connectivity index (χ1) is 11.7. The highest BCUT2D eigenvalue weighted by Gasteiger charge is 2.48. The minimum absolute atomic E-state index is 0.402. The van der Waals surface area contributed by atoms with E-state index in [0.717, 1.165) is 16.8 Å². The van der Waals surface area contributed by atoms with E-state index < -0.39 is 11.6 Å². The lowest BCUT2D eigenvalue weighted by molar-refractivity contribution is 0.0415. The van der Waals surface area contributed by atoms with Crippen LogP contribution in [0.15, 0.2) is 85.0 Å². The van der Waals surface area contributed by atoms with Crippen molar-refractivity contribution in [1.29, 1.82) is 0 Å². The van der Waals surface area contributed by atoms with Gasteiger partial charge in [-0.25, -0.2) is 4.79 Å². The van der Waals surface area contributed by atoms with Crippen molar-refractivity contribution < 1.29 is 9.53 Å². The van der Waals surface area contributed by atoms with Gasteiger partial charge >= 0.3 is 6.03 Å². The number of rotatable bonds is 2. The highest BCUT2D eigenvalue weighted by molar-refractivity contribution is 5.75. The summed E-state index contributed by atoms with van der Waals surface area (Å²) in [5, 5.41) is 0. The van der Waals surface area contributed by atoms with E-state index in [1.54, 1.807) is 12.4 Å². The predicted octanol–water partition coefficient (Wildman–Crippen LogP) is 2.93. The third kappa shape index (κ3) is 2.10. The van der Waals surface area contributed by atoms with Crippen LogP contribution in [0.2, 0.25) is 0 Å². The molecule has 24 heavy (non-hydrogen) atoms. The molecule has 5 heteroatoms. The van der Waals surface area contributed by atoms with Crippen LogP contribution in [0.25, 0.3) is 0 Å². The van der Waals surface area contributed by atoms with Crippen LogP contribution in [0.5, 0.6) is 0 Å². The third-order valence-corrected chi connectivity index (χ3v) is 4.37. The van der Waals surface area contributed by atoms with Gasteiger partial charge in [0.15, 0.2) is 5.60 Å².